The number of hydrogen-bond donors (Lipinski definition) is 0. The fourth-order valence-electron chi connectivity index (χ4n) is 3.09. The minimum absolute atomic E-state index is 0.128. The van der Waals surface area contributed by atoms with Crippen molar-refractivity contribution in [1.29, 1.82) is 0 Å². The third-order valence-electron chi connectivity index (χ3n) is 4.58. The molecule has 0 bridgehead atoms. The Kier molecular flexibility index (Phi) is 4.89. The van der Waals surface area contributed by atoms with Crippen LogP contribution in [0.25, 0.3) is 11.0 Å². The van der Waals surface area contributed by atoms with Gasteiger partial charge in [-0.2, -0.15) is 0 Å². The van der Waals surface area contributed by atoms with Crippen LogP contribution in [0.2, 0.25) is 0 Å². The zero-order valence-electron chi connectivity index (χ0n) is 15.0. The first-order chi connectivity index (χ1) is 13.0. The van der Waals surface area contributed by atoms with E-state index in [9.17, 15) is 4.79 Å². The van der Waals surface area contributed by atoms with Crippen molar-refractivity contribution in [2.45, 2.75) is 20.4 Å². The molecule has 2 aromatic heterocycles. The molecule has 3 nitrogen and oxygen atoms in total. The first-order valence-electron chi connectivity index (χ1n) is 8.62. The van der Waals surface area contributed by atoms with Crippen LogP contribution in [-0.2, 0) is 6.54 Å². The number of carbonyl (C=O) groups excluding carboxylic acids is 1. The van der Waals surface area contributed by atoms with Gasteiger partial charge >= 0.3 is 0 Å². The first kappa shape index (κ1) is 18.0. The van der Waals surface area contributed by atoms with Crippen LogP contribution < -0.4 is 4.90 Å². The molecule has 2 aromatic carbocycles. The summed E-state index contributed by atoms with van der Waals surface area (Å²) in [6.45, 7) is 4.49. The summed E-state index contributed by atoms with van der Waals surface area (Å²) < 4.78 is 6.90. The topological polar surface area (TPSA) is 33.5 Å². The number of carbonyl (C=O) groups is 1. The number of benzene rings is 2. The van der Waals surface area contributed by atoms with Crippen molar-refractivity contribution in [2.24, 2.45) is 0 Å². The second-order valence-electron chi connectivity index (χ2n) is 6.50. The van der Waals surface area contributed by atoms with Gasteiger partial charge in [0.15, 0.2) is 5.76 Å². The summed E-state index contributed by atoms with van der Waals surface area (Å²) in [5.74, 6) is 0.261. The molecule has 0 fully saturated rings. The highest BCUT2D eigenvalue weighted by atomic mass is 79.9. The summed E-state index contributed by atoms with van der Waals surface area (Å²) in [6.07, 6.45) is 0. The predicted octanol–water partition coefficient (Wildman–Crippen LogP) is 6.72. The average Bonchev–Trinajstić information content (AvgIpc) is 3.28. The van der Waals surface area contributed by atoms with Crippen LogP contribution >= 0.6 is 27.3 Å². The van der Waals surface area contributed by atoms with Gasteiger partial charge < -0.3 is 9.32 Å². The van der Waals surface area contributed by atoms with Crippen LogP contribution in [-0.4, -0.2) is 5.91 Å². The first-order valence-corrected chi connectivity index (χ1v) is 10.3. The highest BCUT2D eigenvalue weighted by Gasteiger charge is 2.25. The van der Waals surface area contributed by atoms with E-state index in [1.807, 2.05) is 73.8 Å². The van der Waals surface area contributed by atoms with E-state index in [4.69, 9.17) is 4.42 Å². The average molecular weight is 440 g/mol. The molecule has 0 N–H and O–H groups in total. The Bertz CT molecular complexity index is 1100. The fourth-order valence-corrected chi connectivity index (χ4v) is 4.12. The Morgan fingerprint density at radius 3 is 2.59 bits per heavy atom. The van der Waals surface area contributed by atoms with E-state index in [0.29, 0.717) is 17.9 Å². The number of fused-ring (bicyclic) bond motifs is 1. The van der Waals surface area contributed by atoms with Gasteiger partial charge in [-0.25, -0.2) is 0 Å². The molecule has 0 saturated heterocycles. The van der Waals surface area contributed by atoms with E-state index < -0.39 is 0 Å². The Hall–Kier alpha value is -2.37. The lowest BCUT2D eigenvalue weighted by molar-refractivity contribution is 0.0960. The van der Waals surface area contributed by atoms with Crippen molar-refractivity contribution in [3.8, 4) is 0 Å². The van der Waals surface area contributed by atoms with Gasteiger partial charge in [0.05, 0.1) is 6.54 Å². The molecule has 136 valence electrons. The summed E-state index contributed by atoms with van der Waals surface area (Å²) in [5.41, 5.74) is 3.60. The van der Waals surface area contributed by atoms with Crippen LogP contribution in [0.15, 0.2) is 68.9 Å². The zero-order chi connectivity index (χ0) is 19.0. The number of halogens is 1. The van der Waals surface area contributed by atoms with Gasteiger partial charge in [0.2, 0.25) is 0 Å². The van der Waals surface area contributed by atoms with Gasteiger partial charge in [0.25, 0.3) is 5.91 Å². The second-order valence-corrected chi connectivity index (χ2v) is 8.45. The summed E-state index contributed by atoms with van der Waals surface area (Å²) in [6, 6.07) is 17.9. The Balaban J connectivity index is 1.78. The van der Waals surface area contributed by atoms with E-state index in [2.05, 4.69) is 15.9 Å². The molecule has 0 saturated carbocycles. The molecule has 0 unspecified atom stereocenters. The van der Waals surface area contributed by atoms with E-state index in [1.54, 1.807) is 16.2 Å². The van der Waals surface area contributed by atoms with Crippen molar-refractivity contribution >= 4 is 49.8 Å². The maximum Gasteiger partial charge on any atom is 0.294 e. The normalized spacial score (nSPS) is 11.1. The highest BCUT2D eigenvalue weighted by molar-refractivity contribution is 9.10. The van der Waals surface area contributed by atoms with Gasteiger partial charge in [-0.15, -0.1) is 11.3 Å². The van der Waals surface area contributed by atoms with Crippen LogP contribution in [0.4, 0.5) is 5.69 Å². The third-order valence-corrected chi connectivity index (χ3v) is 5.93. The summed E-state index contributed by atoms with van der Waals surface area (Å²) >= 11 is 5.10. The molecule has 0 atom stereocenters. The SMILES string of the molecule is Cc1ccc(N(Cc2cccs2)C(=O)c2oc3cc(Br)ccc3c2C)cc1. The predicted molar refractivity (Wildman–Crippen MR) is 115 cm³/mol. The van der Waals surface area contributed by atoms with Gasteiger partial charge in [-0.3, -0.25) is 4.79 Å². The lowest BCUT2D eigenvalue weighted by atomic mass is 10.1. The molecular weight excluding hydrogens is 422 g/mol. The molecule has 0 aliphatic heterocycles. The molecule has 5 heteroatoms. The number of thiophene rings is 1. The Morgan fingerprint density at radius 1 is 1.11 bits per heavy atom. The van der Waals surface area contributed by atoms with Crippen molar-refractivity contribution in [2.75, 3.05) is 4.90 Å². The maximum atomic E-state index is 13.5. The van der Waals surface area contributed by atoms with Crippen molar-refractivity contribution in [1.82, 2.24) is 0 Å². The van der Waals surface area contributed by atoms with Crippen molar-refractivity contribution in [3.63, 3.8) is 0 Å². The van der Waals surface area contributed by atoms with E-state index >= 15 is 0 Å². The van der Waals surface area contributed by atoms with Crippen LogP contribution in [0.1, 0.15) is 26.6 Å². The molecule has 4 rings (SSSR count). The third kappa shape index (κ3) is 3.57. The molecule has 0 radical (unpaired) electrons. The lowest BCUT2D eigenvalue weighted by Gasteiger charge is -2.22. The van der Waals surface area contributed by atoms with Gasteiger partial charge in [0.1, 0.15) is 5.58 Å². The van der Waals surface area contributed by atoms with Crippen molar-refractivity contribution in [3.05, 3.63) is 86.2 Å². The molecule has 1 amide bonds. The molecule has 0 aliphatic rings. The minimum atomic E-state index is -0.128. The minimum Gasteiger partial charge on any atom is -0.451 e. The number of furan rings is 1. The van der Waals surface area contributed by atoms with Gasteiger partial charge in [-0.1, -0.05) is 39.7 Å². The number of hydrogen-bond acceptors (Lipinski definition) is 3. The van der Waals surface area contributed by atoms with E-state index in [0.717, 1.165) is 31.6 Å². The number of aryl methyl sites for hydroxylation is 2. The van der Waals surface area contributed by atoms with E-state index in [-0.39, 0.29) is 5.91 Å². The monoisotopic (exact) mass is 439 g/mol. The maximum absolute atomic E-state index is 13.5. The number of rotatable bonds is 4. The second kappa shape index (κ2) is 7.33. The molecular formula is C22H18BrNO2S. The highest BCUT2D eigenvalue weighted by Crippen LogP contribution is 2.31. The van der Waals surface area contributed by atoms with Crippen LogP contribution in [0, 0.1) is 13.8 Å². The molecule has 27 heavy (non-hydrogen) atoms. The Labute approximate surface area is 170 Å². The van der Waals surface area contributed by atoms with Gasteiger partial charge in [0, 0.05) is 26.0 Å². The Morgan fingerprint density at radius 2 is 1.89 bits per heavy atom. The van der Waals surface area contributed by atoms with Crippen molar-refractivity contribution < 1.29 is 9.21 Å². The summed E-state index contributed by atoms with van der Waals surface area (Å²) in [5, 5.41) is 2.98. The van der Waals surface area contributed by atoms with Gasteiger partial charge in [-0.05, 0) is 55.6 Å². The largest absolute Gasteiger partial charge is 0.451 e. The van der Waals surface area contributed by atoms with Crippen LogP contribution in [0.3, 0.4) is 0 Å². The molecule has 0 spiro atoms. The summed E-state index contributed by atoms with van der Waals surface area (Å²) in [7, 11) is 0. The fraction of sp³-hybridized carbons (Fsp3) is 0.136. The molecule has 2 heterocycles. The standard InChI is InChI=1S/C22H18BrNO2S/c1-14-5-8-17(9-6-14)24(13-18-4-3-11-27-18)22(25)21-15(2)19-10-7-16(23)12-20(19)26-21/h3-12H,13H2,1-2H3. The smallest absolute Gasteiger partial charge is 0.294 e. The molecule has 0 aliphatic carbocycles. The number of anilines is 1. The lowest BCUT2D eigenvalue weighted by Crippen LogP contribution is -2.30. The number of nitrogens with zero attached hydrogens (tertiary/aromatic N) is 1. The quantitative estimate of drug-likeness (QED) is 0.353. The number of amides is 1. The van der Waals surface area contributed by atoms with E-state index in [1.165, 1.54) is 0 Å². The summed E-state index contributed by atoms with van der Waals surface area (Å²) in [4.78, 5) is 16.4. The molecule has 4 aromatic rings. The van der Waals surface area contributed by atoms with Crippen LogP contribution in [0.5, 0.6) is 0 Å². The zero-order valence-corrected chi connectivity index (χ0v) is 17.4.